The van der Waals surface area contributed by atoms with Gasteiger partial charge in [-0.15, -0.1) is 10.2 Å². The van der Waals surface area contributed by atoms with E-state index in [1.807, 2.05) is 0 Å². The number of hydrogen-bond donors (Lipinski definition) is 2. The van der Waals surface area contributed by atoms with Crippen LogP contribution in [0.1, 0.15) is 5.56 Å². The van der Waals surface area contributed by atoms with Crippen LogP contribution in [0.4, 0.5) is 20.8 Å². The third kappa shape index (κ3) is 4.22. The minimum atomic E-state index is -0.564. The van der Waals surface area contributed by atoms with Crippen molar-refractivity contribution < 1.29 is 18.5 Å². The Balaban J connectivity index is 1.67. The van der Waals surface area contributed by atoms with E-state index >= 15 is 0 Å². The predicted molar refractivity (Wildman–Crippen MR) is 105 cm³/mol. The number of allylic oxidation sites excluding steroid dienone is 1. The van der Waals surface area contributed by atoms with Crippen LogP contribution in [0.3, 0.4) is 0 Å². The molecular formula is C17H16Cl2FN6O2+. The Kier molecular flexibility index (Phi) is 5.78. The predicted octanol–water partition coefficient (Wildman–Crippen LogP) is 3.62. The molecule has 0 bridgehead atoms. The first kappa shape index (κ1) is 20.0. The Hall–Kier alpha value is -2.75. The normalized spacial score (nSPS) is 17.7. The zero-order valence-electron chi connectivity index (χ0n) is 14.7. The van der Waals surface area contributed by atoms with Crippen LogP contribution in [0.15, 0.2) is 35.6 Å². The Morgan fingerprint density at radius 3 is 2.86 bits per heavy atom. The Labute approximate surface area is 170 Å². The molecule has 0 saturated carbocycles. The molecule has 0 radical (unpaired) electrons. The van der Waals surface area contributed by atoms with E-state index in [0.717, 1.165) is 0 Å². The van der Waals surface area contributed by atoms with E-state index < -0.39 is 11.8 Å². The van der Waals surface area contributed by atoms with Gasteiger partial charge in [-0.25, -0.2) is 9.18 Å². The third-order valence-electron chi connectivity index (χ3n) is 3.95. The van der Waals surface area contributed by atoms with Crippen molar-refractivity contribution in [2.45, 2.75) is 6.42 Å². The molecule has 8 nitrogen and oxygen atoms in total. The summed E-state index contributed by atoms with van der Waals surface area (Å²) in [6.45, 7) is 0.104. The Morgan fingerprint density at radius 2 is 2.14 bits per heavy atom. The molecule has 0 spiro atoms. The smallest absolute Gasteiger partial charge is 0.453 e. The maximum atomic E-state index is 13.6. The van der Waals surface area contributed by atoms with Gasteiger partial charge in [0, 0.05) is 23.6 Å². The van der Waals surface area contributed by atoms with Gasteiger partial charge >= 0.3 is 6.03 Å². The highest BCUT2D eigenvalue weighted by Gasteiger charge is 2.32. The fourth-order valence-electron chi connectivity index (χ4n) is 2.39. The van der Waals surface area contributed by atoms with Crippen LogP contribution in [0.2, 0.25) is 10.0 Å². The molecule has 11 heteroatoms. The summed E-state index contributed by atoms with van der Waals surface area (Å²) in [5.74, 6) is -0.178. The number of nitrogens with two attached hydrogens (primary N) is 1. The van der Waals surface area contributed by atoms with Crippen LogP contribution in [-0.4, -0.2) is 40.7 Å². The van der Waals surface area contributed by atoms with Gasteiger partial charge in [0.15, 0.2) is 17.4 Å². The number of aromatic nitrogens is 2. The number of quaternary nitrogens is 1. The number of rotatable bonds is 5. The van der Waals surface area contributed by atoms with Crippen LogP contribution in [0.5, 0.6) is 5.75 Å². The molecule has 0 fully saturated rings. The molecule has 3 N–H and O–H groups in total. The molecule has 1 aliphatic heterocycles. The van der Waals surface area contributed by atoms with Crippen molar-refractivity contribution >= 4 is 47.1 Å². The zero-order valence-corrected chi connectivity index (χ0v) is 16.2. The van der Waals surface area contributed by atoms with Crippen molar-refractivity contribution in [3.63, 3.8) is 0 Å². The molecule has 2 heterocycles. The van der Waals surface area contributed by atoms with E-state index in [9.17, 15) is 9.18 Å². The SMILES string of the molecule is C[N+]1(C(=O)Nc2cc(OCCc3c(Cl)ccc(F)c3Cl)c(N)nn2)C=CC=N1. The van der Waals surface area contributed by atoms with Crippen LogP contribution in [0, 0.1) is 5.82 Å². The molecule has 1 aromatic carbocycles. The van der Waals surface area contributed by atoms with Crippen LogP contribution in [-0.2, 0) is 6.42 Å². The summed E-state index contributed by atoms with van der Waals surface area (Å²) in [7, 11) is 1.60. The maximum Gasteiger partial charge on any atom is 0.453 e. The van der Waals surface area contributed by atoms with Gasteiger partial charge in [0.2, 0.25) is 0 Å². The number of nitrogens with zero attached hydrogens (tertiary/aromatic N) is 4. The molecule has 0 saturated heterocycles. The molecule has 1 unspecified atom stereocenters. The van der Waals surface area contributed by atoms with Crippen molar-refractivity contribution in [3.8, 4) is 5.75 Å². The zero-order chi connectivity index (χ0) is 20.3. The number of benzene rings is 1. The number of anilines is 2. The van der Waals surface area contributed by atoms with Crippen molar-refractivity contribution in [2.24, 2.45) is 5.10 Å². The first-order valence-corrected chi connectivity index (χ1v) is 8.85. The summed E-state index contributed by atoms with van der Waals surface area (Å²) in [4.78, 5) is 12.3. The van der Waals surface area contributed by atoms with Gasteiger partial charge in [0.1, 0.15) is 19.1 Å². The topological polar surface area (TPSA) is 102 Å². The minimum Gasteiger partial charge on any atom is -0.489 e. The van der Waals surface area contributed by atoms with Crippen molar-refractivity contribution in [1.82, 2.24) is 10.2 Å². The molecule has 1 atom stereocenters. The molecule has 0 aliphatic carbocycles. The first-order chi connectivity index (χ1) is 13.3. The molecule has 2 amide bonds. The molecule has 1 aromatic heterocycles. The largest absolute Gasteiger partial charge is 0.489 e. The summed E-state index contributed by atoms with van der Waals surface area (Å²) in [5, 5.41) is 14.5. The highest BCUT2D eigenvalue weighted by Crippen LogP contribution is 2.28. The van der Waals surface area contributed by atoms with E-state index in [1.165, 1.54) is 24.4 Å². The number of urea groups is 1. The number of nitrogens with one attached hydrogen (secondary N) is 1. The van der Waals surface area contributed by atoms with Crippen LogP contribution >= 0.6 is 23.2 Å². The quantitative estimate of drug-likeness (QED) is 0.562. The average Bonchev–Trinajstić information content (AvgIpc) is 3.11. The molecule has 146 valence electrons. The summed E-state index contributed by atoms with van der Waals surface area (Å²) < 4.78 is 18.9. The van der Waals surface area contributed by atoms with Crippen molar-refractivity contribution in [1.29, 1.82) is 0 Å². The highest BCUT2D eigenvalue weighted by atomic mass is 35.5. The summed E-state index contributed by atoms with van der Waals surface area (Å²) in [6, 6.07) is 3.61. The van der Waals surface area contributed by atoms with Crippen LogP contribution in [0.25, 0.3) is 0 Å². The van der Waals surface area contributed by atoms with E-state index in [1.54, 1.807) is 19.3 Å². The average molecular weight is 426 g/mol. The van der Waals surface area contributed by atoms with E-state index in [4.69, 9.17) is 33.7 Å². The fraction of sp³-hybridized carbons (Fsp3) is 0.176. The molecule has 3 rings (SSSR count). The van der Waals surface area contributed by atoms with Gasteiger partial charge in [0.05, 0.1) is 17.8 Å². The lowest BCUT2D eigenvalue weighted by molar-refractivity contribution is -0.777. The van der Waals surface area contributed by atoms with Gasteiger partial charge < -0.3 is 10.5 Å². The maximum absolute atomic E-state index is 13.6. The molecule has 1 aliphatic rings. The summed E-state index contributed by atoms with van der Waals surface area (Å²) in [6.07, 6.45) is 5.02. The van der Waals surface area contributed by atoms with Crippen molar-refractivity contribution in [3.05, 3.63) is 51.9 Å². The Morgan fingerprint density at radius 1 is 1.36 bits per heavy atom. The monoisotopic (exact) mass is 425 g/mol. The number of nitrogen functional groups attached to an aromatic ring is 1. The van der Waals surface area contributed by atoms with E-state index in [0.29, 0.717) is 10.6 Å². The van der Waals surface area contributed by atoms with Crippen LogP contribution < -0.4 is 15.8 Å². The lowest BCUT2D eigenvalue weighted by Crippen LogP contribution is -2.41. The van der Waals surface area contributed by atoms with Gasteiger partial charge in [-0.2, -0.15) is 0 Å². The number of carbonyl (C=O) groups excluding carboxylic acids is 1. The number of amides is 2. The number of carbonyl (C=O) groups is 1. The van der Waals surface area contributed by atoms with Gasteiger partial charge in [0.25, 0.3) is 0 Å². The molecule has 2 aromatic rings. The number of ether oxygens (including phenoxy) is 1. The lowest BCUT2D eigenvalue weighted by Gasteiger charge is -2.17. The number of hydrogen-bond acceptors (Lipinski definition) is 6. The summed E-state index contributed by atoms with van der Waals surface area (Å²) in [5.41, 5.74) is 6.19. The van der Waals surface area contributed by atoms with Crippen molar-refractivity contribution in [2.75, 3.05) is 24.7 Å². The second-order valence-electron chi connectivity index (χ2n) is 5.96. The first-order valence-electron chi connectivity index (χ1n) is 8.10. The van der Waals surface area contributed by atoms with Gasteiger partial charge in [-0.05, 0) is 17.7 Å². The standard InChI is InChI=1S/C17H15Cl2FN6O2/c1-26(7-2-6-22-26)17(27)23-14-9-13(16(21)25-24-14)28-8-5-10-11(18)3-4-12(20)15(10)19/h2-4,6-7,9H,5,8H2,1H3,(H2-,21,23,24,25,27)/p+1. The molecule has 28 heavy (non-hydrogen) atoms. The lowest BCUT2D eigenvalue weighted by atomic mass is 10.1. The summed E-state index contributed by atoms with van der Waals surface area (Å²) >= 11 is 12.0. The highest BCUT2D eigenvalue weighted by molar-refractivity contribution is 6.36. The minimum absolute atomic E-state index is 0.0360. The van der Waals surface area contributed by atoms with E-state index in [2.05, 4.69) is 20.6 Å². The second kappa shape index (κ2) is 8.09. The van der Waals surface area contributed by atoms with E-state index in [-0.39, 0.29) is 40.0 Å². The second-order valence-corrected chi connectivity index (χ2v) is 6.75. The Bertz CT molecular complexity index is 970. The van der Waals surface area contributed by atoms with Gasteiger partial charge in [-0.1, -0.05) is 32.9 Å². The molecular weight excluding hydrogens is 410 g/mol. The van der Waals surface area contributed by atoms with Gasteiger partial charge in [-0.3, -0.25) is 5.32 Å². The fourth-order valence-corrected chi connectivity index (χ4v) is 2.95. The third-order valence-corrected chi connectivity index (χ3v) is 4.71. The number of halogens is 3.